The second-order valence-corrected chi connectivity index (χ2v) is 5.11. The number of carbonyl (C=O) groups excluding carboxylic acids is 2. The molecule has 1 heterocycles. The van der Waals surface area contributed by atoms with Crippen molar-refractivity contribution in [3.05, 3.63) is 64.7 Å². The first-order chi connectivity index (χ1) is 11.0. The summed E-state index contributed by atoms with van der Waals surface area (Å²) < 4.78 is 26.5. The van der Waals surface area contributed by atoms with Gasteiger partial charge in [0.15, 0.2) is 6.10 Å². The molecule has 1 aliphatic rings. The van der Waals surface area contributed by atoms with Gasteiger partial charge in [0.1, 0.15) is 11.6 Å². The van der Waals surface area contributed by atoms with Crippen molar-refractivity contribution in [3.63, 3.8) is 0 Å². The Kier molecular flexibility index (Phi) is 3.79. The summed E-state index contributed by atoms with van der Waals surface area (Å²) in [5.74, 6) is -2.94. The molecule has 0 aliphatic carbocycles. The lowest BCUT2D eigenvalue weighted by molar-refractivity contribution is -0.124. The van der Waals surface area contributed by atoms with Crippen molar-refractivity contribution in [1.29, 1.82) is 0 Å². The number of hydrogen-bond donors (Lipinski definition) is 3. The van der Waals surface area contributed by atoms with E-state index in [9.17, 15) is 23.5 Å². The van der Waals surface area contributed by atoms with Gasteiger partial charge >= 0.3 is 0 Å². The van der Waals surface area contributed by atoms with Crippen LogP contribution in [0.2, 0.25) is 0 Å². The van der Waals surface area contributed by atoms with Crippen molar-refractivity contribution in [2.75, 3.05) is 5.32 Å². The lowest BCUT2D eigenvalue weighted by Gasteiger charge is -2.13. The Bertz CT molecular complexity index is 808. The minimum absolute atomic E-state index is 0.249. The smallest absolute Gasteiger partial charge is 0.257 e. The van der Waals surface area contributed by atoms with Gasteiger partial charge in [-0.15, -0.1) is 0 Å². The average molecular weight is 318 g/mol. The fraction of sp³-hybridized carbons (Fsp3) is 0.125. The standard InChI is InChI=1S/C16H12F2N2O3/c17-9-2-4-11(13(18)5-9)14(21)16(23)20-10-3-1-8-7-19-15(22)12(8)6-10/h1-6,14,21H,7H2,(H,19,22)(H,20,23). The monoisotopic (exact) mass is 318 g/mol. The first-order valence-corrected chi connectivity index (χ1v) is 6.80. The van der Waals surface area contributed by atoms with Gasteiger partial charge in [-0.05, 0) is 23.8 Å². The lowest BCUT2D eigenvalue weighted by Crippen LogP contribution is -2.22. The molecule has 1 aliphatic heterocycles. The Balaban J connectivity index is 1.79. The summed E-state index contributed by atoms with van der Waals surface area (Å²) in [5.41, 5.74) is 1.21. The minimum Gasteiger partial charge on any atom is -0.378 e. The van der Waals surface area contributed by atoms with Crippen LogP contribution in [-0.2, 0) is 11.3 Å². The molecule has 0 radical (unpaired) electrons. The van der Waals surface area contributed by atoms with E-state index in [0.29, 0.717) is 23.9 Å². The lowest BCUT2D eigenvalue weighted by atomic mass is 10.1. The average Bonchev–Trinajstić information content (AvgIpc) is 2.88. The predicted octanol–water partition coefficient (Wildman–Crippen LogP) is 1.88. The SMILES string of the molecule is O=C1NCc2ccc(NC(=O)C(O)c3ccc(F)cc3F)cc21. The van der Waals surface area contributed by atoms with Gasteiger partial charge in [0.25, 0.3) is 11.8 Å². The molecule has 1 atom stereocenters. The maximum Gasteiger partial charge on any atom is 0.257 e. The van der Waals surface area contributed by atoms with Crippen LogP contribution in [0.15, 0.2) is 36.4 Å². The van der Waals surface area contributed by atoms with Gasteiger partial charge < -0.3 is 15.7 Å². The summed E-state index contributed by atoms with van der Waals surface area (Å²) in [6, 6.07) is 7.27. The van der Waals surface area contributed by atoms with Gasteiger partial charge in [-0.3, -0.25) is 9.59 Å². The molecule has 0 saturated heterocycles. The number of hydrogen-bond acceptors (Lipinski definition) is 3. The number of halogens is 2. The van der Waals surface area contributed by atoms with Crippen LogP contribution >= 0.6 is 0 Å². The normalized spacial score (nSPS) is 14.1. The van der Waals surface area contributed by atoms with Crippen molar-refractivity contribution >= 4 is 17.5 Å². The van der Waals surface area contributed by atoms with Crippen LogP contribution < -0.4 is 10.6 Å². The Hall–Kier alpha value is -2.80. The number of anilines is 1. The van der Waals surface area contributed by atoms with E-state index in [1.807, 2.05) is 0 Å². The summed E-state index contributed by atoms with van der Waals surface area (Å²) in [4.78, 5) is 23.6. The fourth-order valence-electron chi connectivity index (χ4n) is 2.37. The van der Waals surface area contributed by atoms with Crippen LogP contribution in [-0.4, -0.2) is 16.9 Å². The number of rotatable bonds is 3. The zero-order valence-corrected chi connectivity index (χ0v) is 11.8. The van der Waals surface area contributed by atoms with Crippen LogP contribution in [0.25, 0.3) is 0 Å². The fourth-order valence-corrected chi connectivity index (χ4v) is 2.37. The highest BCUT2D eigenvalue weighted by Crippen LogP contribution is 2.23. The van der Waals surface area contributed by atoms with E-state index < -0.39 is 23.6 Å². The quantitative estimate of drug-likeness (QED) is 0.808. The van der Waals surface area contributed by atoms with Crippen molar-refractivity contribution in [2.45, 2.75) is 12.6 Å². The number of carbonyl (C=O) groups is 2. The zero-order valence-electron chi connectivity index (χ0n) is 11.8. The number of nitrogens with one attached hydrogen (secondary N) is 2. The second-order valence-electron chi connectivity index (χ2n) is 5.11. The van der Waals surface area contributed by atoms with Crippen LogP contribution in [0.3, 0.4) is 0 Å². The number of amides is 2. The van der Waals surface area contributed by atoms with Crippen molar-refractivity contribution in [1.82, 2.24) is 5.32 Å². The number of aliphatic hydroxyl groups excluding tert-OH is 1. The van der Waals surface area contributed by atoms with Gasteiger partial charge in [-0.1, -0.05) is 12.1 Å². The molecule has 2 aromatic rings. The number of fused-ring (bicyclic) bond motifs is 1. The molecule has 118 valence electrons. The summed E-state index contributed by atoms with van der Waals surface area (Å²) in [6.45, 7) is 0.422. The first-order valence-electron chi connectivity index (χ1n) is 6.80. The molecule has 0 bridgehead atoms. The molecule has 0 spiro atoms. The van der Waals surface area contributed by atoms with Crippen LogP contribution in [0.5, 0.6) is 0 Å². The molecule has 23 heavy (non-hydrogen) atoms. The van der Waals surface area contributed by atoms with Crippen LogP contribution in [0.1, 0.15) is 27.6 Å². The largest absolute Gasteiger partial charge is 0.378 e. The maximum atomic E-state index is 13.6. The minimum atomic E-state index is -1.79. The third-order valence-electron chi connectivity index (χ3n) is 3.57. The zero-order chi connectivity index (χ0) is 16.6. The second kappa shape index (κ2) is 5.77. The first kappa shape index (κ1) is 15.1. The van der Waals surface area contributed by atoms with Gasteiger partial charge in [0.2, 0.25) is 0 Å². The Labute approximate surface area is 129 Å². The van der Waals surface area contributed by atoms with Crippen molar-refractivity contribution in [3.8, 4) is 0 Å². The van der Waals surface area contributed by atoms with Gasteiger partial charge in [-0.25, -0.2) is 8.78 Å². The molecule has 0 saturated carbocycles. The molecular weight excluding hydrogens is 306 g/mol. The van der Waals surface area contributed by atoms with Crippen molar-refractivity contribution < 1.29 is 23.5 Å². The van der Waals surface area contributed by atoms with Gasteiger partial charge in [-0.2, -0.15) is 0 Å². The highest BCUT2D eigenvalue weighted by Gasteiger charge is 2.23. The molecular formula is C16H12F2N2O3. The molecule has 7 heteroatoms. The number of benzene rings is 2. The molecule has 0 aromatic heterocycles. The molecule has 1 unspecified atom stereocenters. The van der Waals surface area contributed by atoms with E-state index in [4.69, 9.17) is 0 Å². The van der Waals surface area contributed by atoms with E-state index in [1.54, 1.807) is 12.1 Å². The highest BCUT2D eigenvalue weighted by molar-refractivity contribution is 6.01. The summed E-state index contributed by atoms with van der Waals surface area (Å²) >= 11 is 0. The Morgan fingerprint density at radius 3 is 2.74 bits per heavy atom. The predicted molar refractivity (Wildman–Crippen MR) is 77.6 cm³/mol. The Morgan fingerprint density at radius 1 is 1.22 bits per heavy atom. The van der Waals surface area contributed by atoms with E-state index in [-0.39, 0.29) is 11.5 Å². The van der Waals surface area contributed by atoms with E-state index in [0.717, 1.165) is 17.7 Å². The molecule has 2 amide bonds. The van der Waals surface area contributed by atoms with E-state index >= 15 is 0 Å². The van der Waals surface area contributed by atoms with Crippen LogP contribution in [0, 0.1) is 11.6 Å². The molecule has 0 fully saturated rings. The maximum absolute atomic E-state index is 13.6. The topological polar surface area (TPSA) is 78.4 Å². The third kappa shape index (κ3) is 2.91. The molecule has 3 rings (SSSR count). The summed E-state index contributed by atoms with van der Waals surface area (Å²) in [7, 11) is 0. The van der Waals surface area contributed by atoms with Gasteiger partial charge in [0, 0.05) is 29.4 Å². The van der Waals surface area contributed by atoms with E-state index in [1.165, 1.54) is 6.07 Å². The summed E-state index contributed by atoms with van der Waals surface area (Å²) in [5, 5.41) is 15.0. The Morgan fingerprint density at radius 2 is 2.00 bits per heavy atom. The van der Waals surface area contributed by atoms with Gasteiger partial charge in [0.05, 0.1) is 0 Å². The third-order valence-corrected chi connectivity index (χ3v) is 3.57. The van der Waals surface area contributed by atoms with Crippen molar-refractivity contribution in [2.24, 2.45) is 0 Å². The summed E-state index contributed by atoms with van der Waals surface area (Å²) in [6.07, 6.45) is -1.79. The van der Waals surface area contributed by atoms with Crippen LogP contribution in [0.4, 0.5) is 14.5 Å². The molecule has 5 nitrogen and oxygen atoms in total. The van der Waals surface area contributed by atoms with E-state index in [2.05, 4.69) is 10.6 Å². The number of aliphatic hydroxyl groups is 1. The molecule has 2 aromatic carbocycles. The molecule has 3 N–H and O–H groups in total. The highest BCUT2D eigenvalue weighted by atomic mass is 19.1.